The summed E-state index contributed by atoms with van der Waals surface area (Å²) in [5, 5.41) is 9.67. The Morgan fingerprint density at radius 3 is 2.74 bits per heavy atom. The Hall–Kier alpha value is -3.47. The summed E-state index contributed by atoms with van der Waals surface area (Å²) in [4.78, 5) is 33.9. The van der Waals surface area contributed by atoms with Crippen molar-refractivity contribution in [3.63, 3.8) is 0 Å². The van der Waals surface area contributed by atoms with Crippen molar-refractivity contribution in [1.29, 1.82) is 0 Å². The van der Waals surface area contributed by atoms with Crippen LogP contribution in [-0.4, -0.2) is 88.5 Å². The summed E-state index contributed by atoms with van der Waals surface area (Å²) in [6, 6.07) is 5.40. The van der Waals surface area contributed by atoms with Crippen LogP contribution in [0.3, 0.4) is 0 Å². The summed E-state index contributed by atoms with van der Waals surface area (Å²) in [7, 11) is 0. The van der Waals surface area contributed by atoms with E-state index >= 15 is 0 Å². The average Bonchev–Trinajstić information content (AvgIpc) is 3.54. The summed E-state index contributed by atoms with van der Waals surface area (Å²) in [6.45, 7) is 6.40. The Balaban J connectivity index is 1.23. The second-order valence-corrected chi connectivity index (χ2v) is 8.57. The first-order chi connectivity index (χ1) is 16.6. The van der Waals surface area contributed by atoms with Gasteiger partial charge in [-0.05, 0) is 31.2 Å². The lowest BCUT2D eigenvalue weighted by atomic mass is 10.1. The number of unbranched alkanes of at least 4 members (excludes halogenated alkanes) is 1. The molecule has 0 bridgehead atoms. The zero-order valence-corrected chi connectivity index (χ0v) is 19.2. The standard InChI is InChI=1S/C23H28N6O5/c1-2-3-8-27-9-11-28(12-10-27)21(31)14-29-20(30)7-5-17(25-29)23-24-22(26-34-23)16-4-6-18-19(13-16)33-15-32-18/h4,6,13H,2-3,5,7-12,14-15H2,1H3. The van der Waals surface area contributed by atoms with Gasteiger partial charge in [-0.3, -0.25) is 14.5 Å². The highest BCUT2D eigenvalue weighted by Crippen LogP contribution is 2.35. The highest BCUT2D eigenvalue weighted by Gasteiger charge is 2.29. The molecule has 0 spiro atoms. The quantitative estimate of drug-likeness (QED) is 0.604. The Morgan fingerprint density at radius 2 is 1.91 bits per heavy atom. The van der Waals surface area contributed by atoms with Gasteiger partial charge in [-0.1, -0.05) is 18.5 Å². The smallest absolute Gasteiger partial charge is 0.274 e. The third-order valence-electron chi connectivity index (χ3n) is 6.25. The molecule has 0 atom stereocenters. The molecule has 5 rings (SSSR count). The van der Waals surface area contributed by atoms with Gasteiger partial charge in [0, 0.05) is 44.6 Å². The van der Waals surface area contributed by atoms with Gasteiger partial charge in [-0.15, -0.1) is 0 Å². The summed E-state index contributed by atoms with van der Waals surface area (Å²) in [5.41, 5.74) is 1.22. The van der Waals surface area contributed by atoms with Crippen LogP contribution in [0.1, 0.15) is 38.5 Å². The fourth-order valence-electron chi connectivity index (χ4n) is 4.20. The van der Waals surface area contributed by atoms with Gasteiger partial charge in [-0.2, -0.15) is 10.1 Å². The monoisotopic (exact) mass is 468 g/mol. The van der Waals surface area contributed by atoms with Gasteiger partial charge in [0.15, 0.2) is 11.5 Å². The van der Waals surface area contributed by atoms with E-state index in [1.807, 2.05) is 11.0 Å². The lowest BCUT2D eigenvalue weighted by Gasteiger charge is -2.35. The molecule has 0 aliphatic carbocycles. The van der Waals surface area contributed by atoms with E-state index in [0.717, 1.165) is 31.6 Å². The van der Waals surface area contributed by atoms with Gasteiger partial charge < -0.3 is 18.9 Å². The normalized spacial score (nSPS) is 18.4. The van der Waals surface area contributed by atoms with E-state index in [4.69, 9.17) is 14.0 Å². The van der Waals surface area contributed by atoms with Crippen LogP contribution in [0.2, 0.25) is 0 Å². The molecular formula is C23H28N6O5. The molecular weight excluding hydrogens is 440 g/mol. The highest BCUT2D eigenvalue weighted by atomic mass is 16.7. The minimum absolute atomic E-state index is 0.0829. The number of aromatic nitrogens is 2. The summed E-state index contributed by atoms with van der Waals surface area (Å²) < 4.78 is 16.2. The van der Waals surface area contributed by atoms with Crippen LogP contribution >= 0.6 is 0 Å². The molecule has 11 heteroatoms. The number of benzene rings is 1. The molecule has 3 aliphatic rings. The number of hydrogen-bond donors (Lipinski definition) is 0. The SMILES string of the molecule is CCCCN1CCN(C(=O)CN2N=C(c3nc(-c4ccc5c(c4)OCO5)no3)CCC2=O)CC1. The number of nitrogens with zero attached hydrogens (tertiary/aromatic N) is 6. The van der Waals surface area contributed by atoms with Crippen LogP contribution in [-0.2, 0) is 9.59 Å². The van der Waals surface area contributed by atoms with Crippen molar-refractivity contribution >= 4 is 17.5 Å². The minimum Gasteiger partial charge on any atom is -0.454 e. The Morgan fingerprint density at radius 1 is 1.09 bits per heavy atom. The van der Waals surface area contributed by atoms with Crippen LogP contribution in [0, 0.1) is 0 Å². The zero-order chi connectivity index (χ0) is 23.5. The molecule has 34 heavy (non-hydrogen) atoms. The maximum atomic E-state index is 12.8. The zero-order valence-electron chi connectivity index (χ0n) is 19.2. The van der Waals surface area contributed by atoms with E-state index in [1.165, 1.54) is 11.4 Å². The molecule has 4 heterocycles. The van der Waals surface area contributed by atoms with E-state index in [1.54, 1.807) is 12.1 Å². The van der Waals surface area contributed by atoms with E-state index in [9.17, 15) is 9.59 Å². The first-order valence-electron chi connectivity index (χ1n) is 11.7. The molecule has 2 amide bonds. The fraction of sp³-hybridized carbons (Fsp3) is 0.522. The number of amides is 2. The van der Waals surface area contributed by atoms with Gasteiger partial charge in [-0.25, -0.2) is 5.01 Å². The minimum atomic E-state index is -0.186. The predicted molar refractivity (Wildman–Crippen MR) is 121 cm³/mol. The first kappa shape index (κ1) is 22.3. The number of carbonyl (C=O) groups is 2. The highest BCUT2D eigenvalue weighted by molar-refractivity contribution is 6.01. The van der Waals surface area contributed by atoms with Gasteiger partial charge in [0.2, 0.25) is 24.4 Å². The van der Waals surface area contributed by atoms with Gasteiger partial charge in [0.25, 0.3) is 5.89 Å². The number of carbonyl (C=O) groups excluding carboxylic acids is 2. The summed E-state index contributed by atoms with van der Waals surface area (Å²) in [5.74, 6) is 1.64. The number of rotatable bonds is 7. The van der Waals surface area contributed by atoms with Gasteiger partial charge in [0.1, 0.15) is 12.3 Å². The Bertz CT molecular complexity index is 1090. The van der Waals surface area contributed by atoms with Crippen LogP contribution < -0.4 is 9.47 Å². The van der Waals surface area contributed by atoms with E-state index < -0.39 is 0 Å². The molecule has 1 fully saturated rings. The van der Waals surface area contributed by atoms with Crippen molar-refractivity contribution in [1.82, 2.24) is 24.9 Å². The maximum Gasteiger partial charge on any atom is 0.274 e. The molecule has 11 nitrogen and oxygen atoms in total. The van der Waals surface area contributed by atoms with Crippen LogP contribution in [0.25, 0.3) is 11.4 Å². The van der Waals surface area contributed by atoms with Crippen molar-refractivity contribution < 1.29 is 23.6 Å². The topological polar surface area (TPSA) is 114 Å². The van der Waals surface area contributed by atoms with E-state index in [0.29, 0.717) is 42.5 Å². The maximum absolute atomic E-state index is 12.8. The second-order valence-electron chi connectivity index (χ2n) is 8.57. The fourth-order valence-corrected chi connectivity index (χ4v) is 4.20. The van der Waals surface area contributed by atoms with Crippen molar-refractivity contribution in [2.45, 2.75) is 32.6 Å². The largest absolute Gasteiger partial charge is 0.454 e. The number of ether oxygens (including phenoxy) is 2. The van der Waals surface area contributed by atoms with Gasteiger partial charge >= 0.3 is 0 Å². The second kappa shape index (κ2) is 9.80. The summed E-state index contributed by atoms with van der Waals surface area (Å²) >= 11 is 0. The number of hydrazone groups is 1. The van der Waals surface area contributed by atoms with Crippen molar-refractivity contribution in [3.05, 3.63) is 24.1 Å². The van der Waals surface area contributed by atoms with Gasteiger partial charge in [0.05, 0.1) is 0 Å². The molecule has 1 aromatic carbocycles. The van der Waals surface area contributed by atoms with Crippen LogP contribution in [0.5, 0.6) is 11.5 Å². The molecule has 0 N–H and O–H groups in total. The molecule has 180 valence electrons. The summed E-state index contributed by atoms with van der Waals surface area (Å²) in [6.07, 6.45) is 2.94. The number of piperazine rings is 1. The third-order valence-corrected chi connectivity index (χ3v) is 6.25. The molecule has 1 aromatic heterocycles. The van der Waals surface area contributed by atoms with Crippen molar-refractivity contribution in [2.75, 3.05) is 46.1 Å². The third kappa shape index (κ3) is 4.74. The van der Waals surface area contributed by atoms with E-state index in [-0.39, 0.29) is 37.5 Å². The average molecular weight is 469 g/mol. The number of fused-ring (bicyclic) bond motifs is 1. The van der Waals surface area contributed by atoms with E-state index in [2.05, 4.69) is 27.1 Å². The Labute approximate surface area is 197 Å². The molecule has 0 unspecified atom stereocenters. The molecule has 2 aromatic rings. The Kier molecular flexibility index (Phi) is 6.43. The predicted octanol–water partition coefficient (Wildman–Crippen LogP) is 1.74. The number of hydrogen-bond acceptors (Lipinski definition) is 9. The lowest BCUT2D eigenvalue weighted by molar-refractivity contribution is -0.141. The molecule has 1 saturated heterocycles. The lowest BCUT2D eigenvalue weighted by Crippen LogP contribution is -2.51. The molecule has 3 aliphatic heterocycles. The molecule has 0 saturated carbocycles. The first-order valence-corrected chi connectivity index (χ1v) is 11.7. The molecule has 0 radical (unpaired) electrons. The van der Waals surface area contributed by atoms with Crippen molar-refractivity contribution in [2.24, 2.45) is 5.10 Å². The van der Waals surface area contributed by atoms with Crippen molar-refractivity contribution in [3.8, 4) is 22.9 Å². The van der Waals surface area contributed by atoms with Crippen LogP contribution in [0.15, 0.2) is 27.8 Å². The van der Waals surface area contributed by atoms with Crippen LogP contribution in [0.4, 0.5) is 0 Å².